The monoisotopic (exact) mass is 133 g/mol. The molecule has 0 N–H and O–H groups in total. The van der Waals surface area contributed by atoms with E-state index in [0.29, 0.717) is 0 Å². The predicted octanol–water partition coefficient (Wildman–Crippen LogP) is 2.07. The highest BCUT2D eigenvalue weighted by atomic mass is 15.1. The van der Waals surface area contributed by atoms with Crippen LogP contribution in [0, 0.1) is 0 Å². The van der Waals surface area contributed by atoms with Crippen LogP contribution >= 0.6 is 0 Å². The lowest BCUT2D eigenvalue weighted by atomic mass is 10.2. The molecule has 0 saturated carbocycles. The Balaban J connectivity index is 2.79. The first kappa shape index (κ1) is 6.87. The van der Waals surface area contributed by atoms with Crippen molar-refractivity contribution in [2.75, 3.05) is 6.54 Å². The topological polar surface area (TPSA) is 3.24 Å². The van der Waals surface area contributed by atoms with Crippen molar-refractivity contribution in [3.8, 4) is 0 Å². The summed E-state index contributed by atoms with van der Waals surface area (Å²) in [4.78, 5) is 2.03. The molecule has 1 rings (SSSR count). The Hall–Kier alpha value is -1.24. The molecule has 0 radical (unpaired) electrons. The zero-order chi connectivity index (χ0) is 7.40. The van der Waals surface area contributed by atoms with E-state index in [9.17, 15) is 0 Å². The molecule has 1 heterocycles. The molecular formula is C9H11N. The molecule has 0 amide bonds. The Labute approximate surface area is 61.7 Å². The molecule has 0 bridgehead atoms. The molecule has 1 aliphatic rings. The second-order valence-corrected chi connectivity index (χ2v) is 2.06. The van der Waals surface area contributed by atoms with E-state index in [0.717, 1.165) is 12.2 Å². The van der Waals surface area contributed by atoms with Gasteiger partial charge in [-0.05, 0) is 18.4 Å². The molecule has 10 heavy (non-hydrogen) atoms. The molecule has 0 aromatic carbocycles. The van der Waals surface area contributed by atoms with Gasteiger partial charge in [0, 0.05) is 12.2 Å². The molecule has 0 aliphatic carbocycles. The average Bonchev–Trinajstić information content (AvgIpc) is 2.04. The van der Waals surface area contributed by atoms with Crippen LogP contribution in [0.25, 0.3) is 0 Å². The van der Waals surface area contributed by atoms with Crippen LogP contribution in [0.5, 0.6) is 0 Å². The fourth-order valence-corrected chi connectivity index (χ4v) is 0.907. The molecule has 0 atom stereocenters. The van der Waals surface area contributed by atoms with Crippen LogP contribution in [0.2, 0.25) is 0 Å². The van der Waals surface area contributed by atoms with Crippen LogP contribution in [0.3, 0.4) is 0 Å². The van der Waals surface area contributed by atoms with Gasteiger partial charge in [0.15, 0.2) is 0 Å². The maximum atomic E-state index is 3.69. The van der Waals surface area contributed by atoms with Crippen molar-refractivity contribution in [2.45, 2.75) is 0 Å². The molecule has 0 spiro atoms. The molecule has 0 saturated heterocycles. The average molecular weight is 133 g/mol. The van der Waals surface area contributed by atoms with E-state index in [1.54, 1.807) is 6.20 Å². The van der Waals surface area contributed by atoms with Crippen LogP contribution in [0.15, 0.2) is 49.4 Å². The van der Waals surface area contributed by atoms with Crippen LogP contribution in [0.4, 0.5) is 0 Å². The van der Waals surface area contributed by atoms with E-state index in [2.05, 4.69) is 19.2 Å². The summed E-state index contributed by atoms with van der Waals surface area (Å²) in [7, 11) is 0. The SMILES string of the molecule is C=CC1=CC=CCN1C=C. The van der Waals surface area contributed by atoms with Gasteiger partial charge in [-0.15, -0.1) is 0 Å². The second-order valence-electron chi connectivity index (χ2n) is 2.06. The second kappa shape index (κ2) is 3.06. The van der Waals surface area contributed by atoms with E-state index >= 15 is 0 Å². The van der Waals surface area contributed by atoms with E-state index < -0.39 is 0 Å². The summed E-state index contributed by atoms with van der Waals surface area (Å²) in [5.41, 5.74) is 1.11. The van der Waals surface area contributed by atoms with E-state index in [4.69, 9.17) is 0 Å². The summed E-state index contributed by atoms with van der Waals surface area (Å²) in [5.74, 6) is 0. The minimum atomic E-state index is 0.904. The van der Waals surface area contributed by atoms with Gasteiger partial charge in [0.2, 0.25) is 0 Å². The van der Waals surface area contributed by atoms with Crippen LogP contribution in [-0.2, 0) is 0 Å². The number of allylic oxidation sites excluding steroid dienone is 3. The number of hydrogen-bond donors (Lipinski definition) is 0. The van der Waals surface area contributed by atoms with Crippen LogP contribution < -0.4 is 0 Å². The third kappa shape index (κ3) is 1.18. The lowest BCUT2D eigenvalue weighted by Gasteiger charge is -2.21. The Bertz CT molecular complexity index is 199. The molecule has 1 heteroatoms. The lowest BCUT2D eigenvalue weighted by Crippen LogP contribution is -2.16. The summed E-state index contributed by atoms with van der Waals surface area (Å²) in [6, 6.07) is 0. The fourth-order valence-electron chi connectivity index (χ4n) is 0.907. The minimum absolute atomic E-state index is 0.904. The minimum Gasteiger partial charge on any atom is -0.345 e. The molecule has 52 valence electrons. The van der Waals surface area contributed by atoms with Gasteiger partial charge in [0.05, 0.1) is 0 Å². The largest absolute Gasteiger partial charge is 0.345 e. The highest BCUT2D eigenvalue weighted by Crippen LogP contribution is 2.09. The Kier molecular flexibility index (Phi) is 2.11. The van der Waals surface area contributed by atoms with Gasteiger partial charge in [-0.25, -0.2) is 0 Å². The van der Waals surface area contributed by atoms with Crippen LogP contribution in [0.1, 0.15) is 0 Å². The van der Waals surface area contributed by atoms with E-state index in [1.807, 2.05) is 23.1 Å². The normalized spacial score (nSPS) is 16.4. The van der Waals surface area contributed by atoms with Gasteiger partial charge >= 0.3 is 0 Å². The first-order valence-corrected chi connectivity index (χ1v) is 3.27. The van der Waals surface area contributed by atoms with Crippen molar-refractivity contribution in [3.63, 3.8) is 0 Å². The van der Waals surface area contributed by atoms with Gasteiger partial charge in [0.25, 0.3) is 0 Å². The maximum Gasteiger partial charge on any atom is 0.0408 e. The van der Waals surface area contributed by atoms with Gasteiger partial charge in [-0.3, -0.25) is 0 Å². The summed E-state index contributed by atoms with van der Waals surface area (Å²) in [5, 5.41) is 0. The van der Waals surface area contributed by atoms with E-state index in [1.165, 1.54) is 0 Å². The van der Waals surface area contributed by atoms with Crippen molar-refractivity contribution in [1.82, 2.24) is 4.90 Å². The molecule has 0 aromatic heterocycles. The maximum absolute atomic E-state index is 3.69. The Morgan fingerprint density at radius 2 is 2.30 bits per heavy atom. The van der Waals surface area contributed by atoms with Crippen molar-refractivity contribution in [2.24, 2.45) is 0 Å². The molecule has 0 fully saturated rings. The highest BCUT2D eigenvalue weighted by molar-refractivity contribution is 5.26. The number of rotatable bonds is 2. The quantitative estimate of drug-likeness (QED) is 0.557. The third-order valence-corrected chi connectivity index (χ3v) is 1.47. The smallest absolute Gasteiger partial charge is 0.0408 e. The highest BCUT2D eigenvalue weighted by Gasteiger charge is 2.01. The third-order valence-electron chi connectivity index (χ3n) is 1.47. The molecule has 0 unspecified atom stereocenters. The molecule has 1 nitrogen and oxygen atoms in total. The summed E-state index contributed by atoms with van der Waals surface area (Å²) in [6.45, 7) is 8.28. The van der Waals surface area contributed by atoms with E-state index in [-0.39, 0.29) is 0 Å². The summed E-state index contributed by atoms with van der Waals surface area (Å²) < 4.78 is 0. The van der Waals surface area contributed by atoms with Crippen molar-refractivity contribution in [3.05, 3.63) is 49.4 Å². The first-order chi connectivity index (χ1) is 4.88. The van der Waals surface area contributed by atoms with Gasteiger partial charge in [0.1, 0.15) is 0 Å². The summed E-state index contributed by atoms with van der Waals surface area (Å²) >= 11 is 0. The molecule has 1 aliphatic heterocycles. The number of hydrogen-bond acceptors (Lipinski definition) is 1. The Morgan fingerprint density at radius 3 is 2.80 bits per heavy atom. The van der Waals surface area contributed by atoms with Gasteiger partial charge in [-0.1, -0.05) is 25.3 Å². The first-order valence-electron chi connectivity index (χ1n) is 3.27. The van der Waals surface area contributed by atoms with Crippen LogP contribution in [-0.4, -0.2) is 11.4 Å². The number of nitrogens with zero attached hydrogens (tertiary/aromatic N) is 1. The standard InChI is InChI=1S/C9H11N/c1-3-9-7-5-6-8-10(9)4-2/h3-7H,1-2,8H2. The van der Waals surface area contributed by atoms with Crippen molar-refractivity contribution in [1.29, 1.82) is 0 Å². The predicted molar refractivity (Wildman–Crippen MR) is 44.3 cm³/mol. The zero-order valence-electron chi connectivity index (χ0n) is 5.96. The molecular weight excluding hydrogens is 122 g/mol. The van der Waals surface area contributed by atoms with Crippen molar-refractivity contribution >= 4 is 0 Å². The molecule has 0 aromatic rings. The lowest BCUT2D eigenvalue weighted by molar-refractivity contribution is 0.529. The Morgan fingerprint density at radius 1 is 1.50 bits per heavy atom. The van der Waals surface area contributed by atoms with Crippen molar-refractivity contribution < 1.29 is 0 Å². The van der Waals surface area contributed by atoms with Gasteiger partial charge in [-0.2, -0.15) is 0 Å². The zero-order valence-corrected chi connectivity index (χ0v) is 5.96. The summed E-state index contributed by atoms with van der Waals surface area (Å²) in [6.07, 6.45) is 9.74. The fraction of sp³-hybridized carbons (Fsp3) is 0.111. The van der Waals surface area contributed by atoms with Gasteiger partial charge < -0.3 is 4.90 Å².